The van der Waals surface area contributed by atoms with Crippen molar-refractivity contribution in [3.8, 4) is 0 Å². The predicted molar refractivity (Wildman–Crippen MR) is 51.8 cm³/mol. The van der Waals surface area contributed by atoms with Crippen molar-refractivity contribution >= 4 is 22.8 Å². The zero-order valence-electron chi connectivity index (χ0n) is 8.08. The van der Waals surface area contributed by atoms with Crippen LogP contribution in [0, 0.1) is 17.5 Å². The van der Waals surface area contributed by atoms with E-state index in [-0.39, 0.29) is 18.4 Å². The summed E-state index contributed by atoms with van der Waals surface area (Å²) < 4.78 is 38.2. The van der Waals surface area contributed by atoms with Crippen LogP contribution in [0.2, 0.25) is 4.71 Å². The number of rotatable bonds is 4. The Hall–Kier alpha value is -0.962. The molecule has 0 aliphatic heterocycles. The summed E-state index contributed by atoms with van der Waals surface area (Å²) in [5.41, 5.74) is -0.0224. The van der Waals surface area contributed by atoms with E-state index >= 15 is 0 Å². The fourth-order valence-electron chi connectivity index (χ4n) is 1.25. The standard InChI is InChI=1S/C10H8AsF3O2/c11-6(3-10(15)16)1-5-2-8(13)9(14)4-7(5)12/h2,4,6H,1,3H2,(H,15,16)/t6-/m0/s1. The van der Waals surface area contributed by atoms with Crippen LogP contribution >= 0.6 is 0 Å². The number of benzene rings is 1. The number of carbonyl (C=O) groups is 1. The predicted octanol–water partition coefficient (Wildman–Crippen LogP) is 2.08. The van der Waals surface area contributed by atoms with Crippen molar-refractivity contribution in [2.45, 2.75) is 17.5 Å². The molecule has 0 spiro atoms. The van der Waals surface area contributed by atoms with Gasteiger partial charge in [0.15, 0.2) is 0 Å². The van der Waals surface area contributed by atoms with E-state index in [1.54, 1.807) is 0 Å². The van der Waals surface area contributed by atoms with Crippen LogP contribution in [0.4, 0.5) is 13.2 Å². The molecule has 1 aromatic rings. The van der Waals surface area contributed by atoms with Crippen LogP contribution in [-0.2, 0) is 11.2 Å². The monoisotopic (exact) mass is 292 g/mol. The molecule has 1 atom stereocenters. The molecule has 0 aromatic heterocycles. The van der Waals surface area contributed by atoms with Gasteiger partial charge >= 0.3 is 98.6 Å². The molecule has 6 heteroatoms. The average Bonchev–Trinajstić information content (AvgIpc) is 2.12. The maximum atomic E-state index is 13.2. The third-order valence-electron chi connectivity index (χ3n) is 1.96. The SMILES string of the molecule is O=C(O)C[C@@H]([As])Cc1cc(F)c(F)cc1F. The Labute approximate surface area is 99.0 Å². The molecule has 1 N–H and O–H groups in total. The Bertz CT molecular complexity index is 409. The first-order valence-corrected chi connectivity index (χ1v) is 5.51. The van der Waals surface area contributed by atoms with Gasteiger partial charge in [0, 0.05) is 0 Å². The van der Waals surface area contributed by atoms with Crippen LogP contribution < -0.4 is 0 Å². The molecule has 1 rings (SSSR count). The maximum absolute atomic E-state index is 13.2. The van der Waals surface area contributed by atoms with E-state index in [4.69, 9.17) is 5.11 Å². The molecule has 0 amide bonds. The second kappa shape index (κ2) is 5.39. The molecule has 0 unspecified atom stereocenters. The second-order valence-electron chi connectivity index (χ2n) is 3.31. The van der Waals surface area contributed by atoms with Gasteiger partial charge < -0.3 is 0 Å². The van der Waals surface area contributed by atoms with Gasteiger partial charge in [-0.05, 0) is 0 Å². The fourth-order valence-corrected chi connectivity index (χ4v) is 1.99. The molecule has 0 aliphatic carbocycles. The topological polar surface area (TPSA) is 37.3 Å². The molecular formula is C10H8AsF3O2. The van der Waals surface area contributed by atoms with E-state index in [0.29, 0.717) is 6.07 Å². The first kappa shape index (κ1) is 13.1. The van der Waals surface area contributed by atoms with E-state index in [2.05, 4.69) is 16.9 Å². The number of carboxylic acid groups (broad SMARTS) is 1. The summed E-state index contributed by atoms with van der Waals surface area (Å²) in [5.74, 6) is -4.26. The molecule has 0 saturated carbocycles. The summed E-state index contributed by atoms with van der Waals surface area (Å²) in [6.07, 6.45) is -0.131. The molecule has 0 saturated heterocycles. The average molecular weight is 292 g/mol. The molecule has 0 heterocycles. The Morgan fingerprint density at radius 1 is 1.25 bits per heavy atom. The molecule has 16 heavy (non-hydrogen) atoms. The number of carboxylic acids is 1. The number of hydrogen-bond donors (Lipinski definition) is 1. The number of halogens is 3. The number of hydrogen-bond acceptors (Lipinski definition) is 1. The van der Waals surface area contributed by atoms with Crippen LogP contribution in [0.1, 0.15) is 12.0 Å². The van der Waals surface area contributed by atoms with Crippen molar-refractivity contribution in [2.24, 2.45) is 0 Å². The molecule has 0 aliphatic rings. The Morgan fingerprint density at radius 3 is 2.38 bits per heavy atom. The van der Waals surface area contributed by atoms with E-state index in [1.807, 2.05) is 0 Å². The van der Waals surface area contributed by atoms with E-state index < -0.39 is 28.1 Å². The molecular weight excluding hydrogens is 284 g/mol. The third-order valence-corrected chi connectivity index (χ3v) is 2.72. The first-order valence-electron chi connectivity index (χ1n) is 4.43. The molecule has 1 aromatic carbocycles. The summed E-state index contributed by atoms with van der Waals surface area (Å²) >= 11 is 2.08. The van der Waals surface area contributed by atoms with Crippen molar-refractivity contribution < 1.29 is 23.1 Å². The van der Waals surface area contributed by atoms with Gasteiger partial charge in [0.2, 0.25) is 0 Å². The van der Waals surface area contributed by atoms with Crippen molar-refractivity contribution in [1.29, 1.82) is 0 Å². The zero-order valence-corrected chi connectivity index (χ0v) is 9.96. The summed E-state index contributed by atoms with van der Waals surface area (Å²) in [5, 5.41) is 8.49. The zero-order chi connectivity index (χ0) is 12.3. The molecule has 0 bridgehead atoms. The Balaban J connectivity index is 2.81. The summed E-state index contributed by atoms with van der Waals surface area (Å²) in [6, 6.07) is 1.22. The quantitative estimate of drug-likeness (QED) is 0.681. The van der Waals surface area contributed by atoms with Gasteiger partial charge in [-0.3, -0.25) is 0 Å². The van der Waals surface area contributed by atoms with Crippen LogP contribution in [0.3, 0.4) is 0 Å². The fraction of sp³-hybridized carbons (Fsp3) is 0.300. The number of aliphatic carboxylic acids is 1. The van der Waals surface area contributed by atoms with Crippen LogP contribution in [0.25, 0.3) is 0 Å². The van der Waals surface area contributed by atoms with Crippen LogP contribution in [0.15, 0.2) is 12.1 Å². The summed E-state index contributed by atoms with van der Waals surface area (Å²) in [4.78, 5) is 10.4. The van der Waals surface area contributed by atoms with Gasteiger partial charge in [0.05, 0.1) is 0 Å². The van der Waals surface area contributed by atoms with Crippen molar-refractivity contribution in [3.63, 3.8) is 0 Å². The van der Waals surface area contributed by atoms with Gasteiger partial charge in [-0.15, -0.1) is 0 Å². The van der Waals surface area contributed by atoms with Gasteiger partial charge in [0.25, 0.3) is 0 Å². The van der Waals surface area contributed by atoms with E-state index in [9.17, 15) is 18.0 Å². The third kappa shape index (κ3) is 3.56. The Morgan fingerprint density at radius 2 is 1.81 bits per heavy atom. The van der Waals surface area contributed by atoms with Crippen molar-refractivity contribution in [3.05, 3.63) is 35.1 Å². The normalized spacial score (nSPS) is 12.5. The van der Waals surface area contributed by atoms with E-state index in [1.165, 1.54) is 0 Å². The van der Waals surface area contributed by atoms with Crippen LogP contribution in [0.5, 0.6) is 0 Å². The second-order valence-corrected chi connectivity index (χ2v) is 4.85. The molecule has 86 valence electrons. The molecule has 2 nitrogen and oxygen atoms in total. The van der Waals surface area contributed by atoms with Crippen molar-refractivity contribution in [1.82, 2.24) is 0 Å². The minimum absolute atomic E-state index is 0.0224. The Kier molecular flexibility index (Phi) is 4.42. The van der Waals surface area contributed by atoms with Gasteiger partial charge in [0.1, 0.15) is 0 Å². The van der Waals surface area contributed by atoms with Gasteiger partial charge in [-0.25, -0.2) is 0 Å². The van der Waals surface area contributed by atoms with Crippen molar-refractivity contribution in [2.75, 3.05) is 0 Å². The van der Waals surface area contributed by atoms with Gasteiger partial charge in [-0.1, -0.05) is 0 Å². The van der Waals surface area contributed by atoms with Crippen LogP contribution in [-0.4, -0.2) is 27.9 Å². The first-order chi connectivity index (χ1) is 7.40. The molecule has 2 radical (unpaired) electrons. The minimum atomic E-state index is -1.25. The summed E-state index contributed by atoms with van der Waals surface area (Å²) in [7, 11) is 0. The summed E-state index contributed by atoms with van der Waals surface area (Å²) in [6.45, 7) is 0. The molecule has 0 fully saturated rings. The van der Waals surface area contributed by atoms with Gasteiger partial charge in [-0.2, -0.15) is 0 Å². The van der Waals surface area contributed by atoms with E-state index in [0.717, 1.165) is 6.07 Å².